The molecule has 0 aliphatic heterocycles. The molecular formula is C15H10ClF3O. The highest BCUT2D eigenvalue weighted by molar-refractivity contribution is 6.31. The van der Waals surface area contributed by atoms with Crippen LogP contribution in [-0.2, 0) is 6.18 Å². The molecule has 0 unspecified atom stereocenters. The second-order valence-corrected chi connectivity index (χ2v) is 4.74. The third kappa shape index (κ3) is 3.02. The summed E-state index contributed by atoms with van der Waals surface area (Å²) in [5.41, 5.74) is 0.473. The van der Waals surface area contributed by atoms with Crippen molar-refractivity contribution < 1.29 is 18.0 Å². The lowest BCUT2D eigenvalue weighted by Crippen LogP contribution is -2.06. The lowest BCUT2D eigenvalue weighted by atomic mass is 10.00. The van der Waals surface area contributed by atoms with Crippen LogP contribution >= 0.6 is 11.6 Å². The van der Waals surface area contributed by atoms with Gasteiger partial charge < -0.3 is 0 Å². The van der Waals surface area contributed by atoms with Crippen LogP contribution < -0.4 is 0 Å². The van der Waals surface area contributed by atoms with Crippen molar-refractivity contribution in [1.82, 2.24) is 0 Å². The number of carbonyl (C=O) groups excluding carboxylic acids is 1. The largest absolute Gasteiger partial charge is 0.417 e. The van der Waals surface area contributed by atoms with E-state index >= 15 is 0 Å². The summed E-state index contributed by atoms with van der Waals surface area (Å²) in [5.74, 6) is -0.142. The monoisotopic (exact) mass is 298 g/mol. The van der Waals surface area contributed by atoms with Crippen molar-refractivity contribution in [2.75, 3.05) is 0 Å². The second-order valence-electron chi connectivity index (χ2n) is 4.33. The van der Waals surface area contributed by atoms with E-state index in [9.17, 15) is 18.0 Å². The lowest BCUT2D eigenvalue weighted by molar-refractivity contribution is -0.137. The predicted molar refractivity (Wildman–Crippen MR) is 71.9 cm³/mol. The standard InChI is InChI=1S/C15H10ClF3O/c1-9(20)10-3-2-4-11(7-10)12-5-6-14(16)13(8-12)15(17,18)19/h2-8H,1H3. The lowest BCUT2D eigenvalue weighted by Gasteiger charge is -2.11. The molecule has 0 amide bonds. The molecule has 0 saturated carbocycles. The van der Waals surface area contributed by atoms with E-state index in [0.29, 0.717) is 16.7 Å². The van der Waals surface area contributed by atoms with Crippen molar-refractivity contribution in [3.05, 3.63) is 58.6 Å². The maximum Gasteiger partial charge on any atom is 0.417 e. The maximum atomic E-state index is 12.8. The number of hydrogen-bond donors (Lipinski definition) is 0. The Bertz CT molecular complexity index is 662. The average Bonchev–Trinajstić information content (AvgIpc) is 2.38. The molecule has 0 spiro atoms. The number of hydrogen-bond acceptors (Lipinski definition) is 1. The van der Waals surface area contributed by atoms with Crippen molar-refractivity contribution >= 4 is 17.4 Å². The molecule has 2 rings (SSSR count). The molecule has 0 saturated heterocycles. The Balaban J connectivity index is 2.54. The number of alkyl halides is 3. The van der Waals surface area contributed by atoms with Crippen LogP contribution in [0.1, 0.15) is 22.8 Å². The summed E-state index contributed by atoms with van der Waals surface area (Å²) in [5, 5.41) is -0.344. The fraction of sp³-hybridized carbons (Fsp3) is 0.133. The fourth-order valence-corrected chi connectivity index (χ4v) is 2.06. The van der Waals surface area contributed by atoms with E-state index in [1.165, 1.54) is 19.1 Å². The topological polar surface area (TPSA) is 17.1 Å². The molecule has 0 heterocycles. The zero-order chi connectivity index (χ0) is 14.9. The second kappa shape index (κ2) is 5.29. The summed E-state index contributed by atoms with van der Waals surface area (Å²) in [7, 11) is 0. The molecule has 0 bridgehead atoms. The molecule has 0 aromatic heterocycles. The Kier molecular flexibility index (Phi) is 3.86. The molecule has 5 heteroatoms. The normalized spacial score (nSPS) is 11.4. The van der Waals surface area contributed by atoms with Crippen LogP contribution in [0.25, 0.3) is 11.1 Å². The van der Waals surface area contributed by atoms with E-state index < -0.39 is 11.7 Å². The van der Waals surface area contributed by atoms with E-state index in [2.05, 4.69) is 0 Å². The Morgan fingerprint density at radius 3 is 2.30 bits per heavy atom. The molecule has 1 nitrogen and oxygen atoms in total. The first-order valence-electron chi connectivity index (χ1n) is 5.77. The zero-order valence-electron chi connectivity index (χ0n) is 10.5. The maximum absolute atomic E-state index is 12.8. The first-order chi connectivity index (χ1) is 9.29. The quantitative estimate of drug-likeness (QED) is 0.694. The highest BCUT2D eigenvalue weighted by Crippen LogP contribution is 2.37. The smallest absolute Gasteiger partial charge is 0.295 e. The third-order valence-corrected chi connectivity index (χ3v) is 3.20. The first kappa shape index (κ1) is 14.6. The first-order valence-corrected chi connectivity index (χ1v) is 6.15. The van der Waals surface area contributed by atoms with Crippen molar-refractivity contribution in [3.63, 3.8) is 0 Å². The SMILES string of the molecule is CC(=O)c1cccc(-c2ccc(Cl)c(C(F)(F)F)c2)c1. The summed E-state index contributed by atoms with van der Waals surface area (Å²) in [4.78, 5) is 11.3. The van der Waals surface area contributed by atoms with E-state index in [4.69, 9.17) is 11.6 Å². The van der Waals surface area contributed by atoms with Crippen molar-refractivity contribution in [3.8, 4) is 11.1 Å². The molecule has 20 heavy (non-hydrogen) atoms. The van der Waals surface area contributed by atoms with E-state index in [1.54, 1.807) is 24.3 Å². The highest BCUT2D eigenvalue weighted by Gasteiger charge is 2.33. The van der Waals surface area contributed by atoms with Gasteiger partial charge in [-0.1, -0.05) is 35.9 Å². The van der Waals surface area contributed by atoms with Crippen LogP contribution in [-0.4, -0.2) is 5.78 Å². The van der Waals surface area contributed by atoms with Crippen LogP contribution in [0.5, 0.6) is 0 Å². The van der Waals surface area contributed by atoms with Gasteiger partial charge in [0.2, 0.25) is 0 Å². The van der Waals surface area contributed by atoms with Gasteiger partial charge in [0.25, 0.3) is 0 Å². The molecule has 0 aliphatic carbocycles. The van der Waals surface area contributed by atoms with Crippen molar-refractivity contribution in [2.24, 2.45) is 0 Å². The molecule has 104 valence electrons. The molecular weight excluding hydrogens is 289 g/mol. The average molecular weight is 299 g/mol. The van der Waals surface area contributed by atoms with Gasteiger partial charge in [0, 0.05) is 5.56 Å². The number of rotatable bonds is 2. The Hall–Kier alpha value is -1.81. The van der Waals surface area contributed by atoms with Crippen LogP contribution in [0.15, 0.2) is 42.5 Å². The summed E-state index contributed by atoms with van der Waals surface area (Å²) in [6.07, 6.45) is -4.51. The predicted octanol–water partition coefficient (Wildman–Crippen LogP) is 5.23. The van der Waals surface area contributed by atoms with Gasteiger partial charge in [0.05, 0.1) is 10.6 Å². The van der Waals surface area contributed by atoms with Gasteiger partial charge in [-0.3, -0.25) is 4.79 Å². The molecule has 0 aliphatic rings. The summed E-state index contributed by atoms with van der Waals surface area (Å²) < 4.78 is 38.4. The van der Waals surface area contributed by atoms with Gasteiger partial charge in [0.15, 0.2) is 5.78 Å². The molecule has 0 atom stereocenters. The van der Waals surface area contributed by atoms with E-state index in [0.717, 1.165) is 6.07 Å². The van der Waals surface area contributed by atoms with E-state index in [1.807, 2.05) is 0 Å². The molecule has 0 radical (unpaired) electrons. The summed E-state index contributed by atoms with van der Waals surface area (Å²) >= 11 is 5.58. The van der Waals surface area contributed by atoms with Crippen LogP contribution in [0, 0.1) is 0 Å². The number of halogens is 4. The summed E-state index contributed by atoms with van der Waals surface area (Å²) in [6.45, 7) is 1.40. The van der Waals surface area contributed by atoms with Crippen molar-refractivity contribution in [2.45, 2.75) is 13.1 Å². The van der Waals surface area contributed by atoms with Crippen LogP contribution in [0.4, 0.5) is 13.2 Å². The number of ketones is 1. The number of carbonyl (C=O) groups is 1. The van der Waals surface area contributed by atoms with Gasteiger partial charge in [-0.25, -0.2) is 0 Å². The Labute approximate surface area is 119 Å². The van der Waals surface area contributed by atoms with Gasteiger partial charge in [-0.15, -0.1) is 0 Å². The summed E-state index contributed by atoms with van der Waals surface area (Å²) in [6, 6.07) is 10.2. The third-order valence-electron chi connectivity index (χ3n) is 2.87. The number of benzene rings is 2. The van der Waals surface area contributed by atoms with Crippen molar-refractivity contribution in [1.29, 1.82) is 0 Å². The molecule has 0 N–H and O–H groups in total. The van der Waals surface area contributed by atoms with Crippen LogP contribution in [0.3, 0.4) is 0 Å². The van der Waals surface area contributed by atoms with Crippen LogP contribution in [0.2, 0.25) is 5.02 Å². The van der Waals surface area contributed by atoms with Gasteiger partial charge in [-0.2, -0.15) is 13.2 Å². The Morgan fingerprint density at radius 2 is 1.70 bits per heavy atom. The minimum absolute atomic E-state index is 0.142. The molecule has 0 fully saturated rings. The fourth-order valence-electron chi connectivity index (χ4n) is 1.84. The van der Waals surface area contributed by atoms with E-state index in [-0.39, 0.29) is 10.8 Å². The molecule has 2 aromatic rings. The number of Topliss-reactive ketones (excluding diaryl/α,β-unsaturated/α-hetero) is 1. The Morgan fingerprint density at radius 1 is 1.05 bits per heavy atom. The highest BCUT2D eigenvalue weighted by atomic mass is 35.5. The van der Waals surface area contributed by atoms with Gasteiger partial charge >= 0.3 is 6.18 Å². The minimum Gasteiger partial charge on any atom is -0.295 e. The molecule has 2 aromatic carbocycles. The van der Waals surface area contributed by atoms with Gasteiger partial charge in [0.1, 0.15) is 0 Å². The minimum atomic E-state index is -4.51. The van der Waals surface area contributed by atoms with Gasteiger partial charge in [-0.05, 0) is 36.2 Å². The zero-order valence-corrected chi connectivity index (χ0v) is 11.2.